The second-order valence-electron chi connectivity index (χ2n) is 5.66. The Labute approximate surface area is 127 Å². The van der Waals surface area contributed by atoms with Crippen molar-refractivity contribution in [3.05, 3.63) is 24.3 Å². The molecule has 21 heavy (non-hydrogen) atoms. The number of benzene rings is 1. The van der Waals surface area contributed by atoms with Crippen molar-refractivity contribution in [1.82, 2.24) is 4.31 Å². The first-order chi connectivity index (χ1) is 9.92. The molecule has 1 aliphatic rings. The van der Waals surface area contributed by atoms with Gasteiger partial charge in [-0.2, -0.15) is 4.31 Å². The maximum absolute atomic E-state index is 12.5. The second kappa shape index (κ2) is 6.66. The number of hydrogen-bond donors (Lipinski definition) is 1. The van der Waals surface area contributed by atoms with Crippen molar-refractivity contribution in [2.24, 2.45) is 0 Å². The van der Waals surface area contributed by atoms with Gasteiger partial charge in [-0.25, -0.2) is 8.42 Å². The Morgan fingerprint density at radius 1 is 1.24 bits per heavy atom. The molecule has 0 aromatic heterocycles. The molecule has 0 unspecified atom stereocenters. The van der Waals surface area contributed by atoms with Crippen LogP contribution in [0.5, 0.6) is 5.75 Å². The normalized spacial score (nSPS) is 23.9. The zero-order valence-electron chi connectivity index (χ0n) is 12.7. The van der Waals surface area contributed by atoms with Gasteiger partial charge in [0.05, 0.1) is 11.4 Å². The molecule has 1 heterocycles. The van der Waals surface area contributed by atoms with Crippen LogP contribution in [0.4, 0.5) is 5.69 Å². The predicted molar refractivity (Wildman–Crippen MR) is 84.8 cm³/mol. The van der Waals surface area contributed by atoms with Crippen LogP contribution in [0, 0.1) is 0 Å². The third kappa shape index (κ3) is 3.89. The largest absolute Gasteiger partial charge is 0.490 e. The number of piperidine rings is 1. The molecule has 1 aromatic rings. The molecule has 0 radical (unpaired) electrons. The maximum Gasteiger partial charge on any atom is 0.217 e. The number of rotatable bonds is 5. The Morgan fingerprint density at radius 2 is 1.86 bits per heavy atom. The molecule has 1 aliphatic heterocycles. The van der Waals surface area contributed by atoms with Gasteiger partial charge in [0.1, 0.15) is 12.4 Å². The number of hydrogen-bond acceptors (Lipinski definition) is 4. The van der Waals surface area contributed by atoms with Crippen LogP contribution < -0.4 is 10.5 Å². The summed E-state index contributed by atoms with van der Waals surface area (Å²) in [5.41, 5.74) is 6.30. The van der Waals surface area contributed by atoms with Gasteiger partial charge < -0.3 is 10.5 Å². The number of nitrogen functional groups attached to an aromatic ring is 1. The Morgan fingerprint density at radius 3 is 2.48 bits per heavy atom. The van der Waals surface area contributed by atoms with Crippen molar-refractivity contribution < 1.29 is 13.2 Å². The van der Waals surface area contributed by atoms with Gasteiger partial charge in [-0.05, 0) is 38.8 Å². The molecule has 1 fully saturated rings. The van der Waals surface area contributed by atoms with Crippen LogP contribution in [-0.4, -0.2) is 37.2 Å². The minimum atomic E-state index is -3.30. The average molecular weight is 312 g/mol. The third-order valence-corrected chi connectivity index (χ3v) is 6.00. The molecule has 0 bridgehead atoms. The van der Waals surface area contributed by atoms with Crippen LogP contribution in [0.15, 0.2) is 24.3 Å². The topological polar surface area (TPSA) is 72.6 Å². The Bertz CT molecular complexity index is 564. The lowest BCUT2D eigenvalue weighted by Crippen LogP contribution is -2.48. The molecule has 0 amide bonds. The first-order valence-corrected chi connectivity index (χ1v) is 9.01. The lowest BCUT2D eigenvalue weighted by atomic mass is 10.0. The van der Waals surface area contributed by atoms with Crippen LogP contribution in [0.1, 0.15) is 33.1 Å². The summed E-state index contributed by atoms with van der Waals surface area (Å²) in [5, 5.41) is 0. The first kappa shape index (κ1) is 16.1. The summed E-state index contributed by atoms with van der Waals surface area (Å²) >= 11 is 0. The number of ether oxygens (including phenoxy) is 1. The molecule has 118 valence electrons. The molecule has 5 nitrogen and oxygen atoms in total. The number of sulfonamides is 1. The number of anilines is 1. The second-order valence-corrected chi connectivity index (χ2v) is 7.65. The van der Waals surface area contributed by atoms with E-state index in [2.05, 4.69) is 0 Å². The molecule has 0 spiro atoms. The molecule has 2 N–H and O–H groups in total. The van der Waals surface area contributed by atoms with Gasteiger partial charge in [-0.3, -0.25) is 0 Å². The zero-order valence-corrected chi connectivity index (χ0v) is 13.5. The van der Waals surface area contributed by atoms with Gasteiger partial charge in [0.2, 0.25) is 10.0 Å². The Balaban J connectivity index is 1.96. The first-order valence-electron chi connectivity index (χ1n) is 7.40. The molecule has 0 saturated carbocycles. The monoisotopic (exact) mass is 312 g/mol. The lowest BCUT2D eigenvalue weighted by Gasteiger charge is -2.37. The fraction of sp³-hybridized carbons (Fsp3) is 0.600. The van der Waals surface area contributed by atoms with E-state index in [4.69, 9.17) is 10.5 Å². The highest BCUT2D eigenvalue weighted by atomic mass is 32.2. The van der Waals surface area contributed by atoms with E-state index in [0.29, 0.717) is 11.4 Å². The van der Waals surface area contributed by atoms with Gasteiger partial charge >= 0.3 is 0 Å². The molecular formula is C15H24N2O3S. The standard InChI is InChI=1S/C15H24N2O3S/c1-12-6-5-7-13(2)17(12)21(18,19)11-10-20-15-9-4-3-8-14(15)16/h3-4,8-9,12-13H,5-7,10-11,16H2,1-2H3/t12-,13+. The van der Waals surface area contributed by atoms with Crippen molar-refractivity contribution >= 4 is 15.7 Å². The zero-order chi connectivity index (χ0) is 15.5. The van der Waals surface area contributed by atoms with Crippen molar-refractivity contribution in [3.63, 3.8) is 0 Å². The maximum atomic E-state index is 12.5. The lowest BCUT2D eigenvalue weighted by molar-refractivity contribution is 0.202. The van der Waals surface area contributed by atoms with Gasteiger partial charge in [0.15, 0.2) is 0 Å². The van der Waals surface area contributed by atoms with Gasteiger partial charge in [0, 0.05) is 12.1 Å². The minimum absolute atomic E-state index is 0.0178. The van der Waals surface area contributed by atoms with E-state index in [-0.39, 0.29) is 24.4 Å². The Kier molecular flexibility index (Phi) is 5.11. The SMILES string of the molecule is C[C@@H]1CCC[C@H](C)N1S(=O)(=O)CCOc1ccccc1N. The summed E-state index contributed by atoms with van der Waals surface area (Å²) in [6, 6.07) is 7.25. The van der Waals surface area contributed by atoms with E-state index in [1.807, 2.05) is 26.0 Å². The van der Waals surface area contributed by atoms with Crippen LogP contribution in [0.2, 0.25) is 0 Å². The molecule has 1 aromatic carbocycles. The number of para-hydroxylation sites is 2. The Hall–Kier alpha value is -1.27. The molecule has 2 atom stereocenters. The summed E-state index contributed by atoms with van der Waals surface area (Å²) in [6.45, 7) is 4.07. The molecule has 6 heteroatoms. The highest BCUT2D eigenvalue weighted by molar-refractivity contribution is 7.89. The van der Waals surface area contributed by atoms with E-state index in [9.17, 15) is 8.42 Å². The smallest absolute Gasteiger partial charge is 0.217 e. The van der Waals surface area contributed by atoms with Gasteiger partial charge in [-0.15, -0.1) is 0 Å². The molecule has 2 rings (SSSR count). The fourth-order valence-corrected chi connectivity index (χ4v) is 4.73. The van der Waals surface area contributed by atoms with Crippen molar-refractivity contribution in [2.45, 2.75) is 45.2 Å². The number of nitrogens with zero attached hydrogens (tertiary/aromatic N) is 1. The number of nitrogens with two attached hydrogens (primary N) is 1. The fourth-order valence-electron chi connectivity index (χ4n) is 2.92. The van der Waals surface area contributed by atoms with Crippen molar-refractivity contribution in [1.29, 1.82) is 0 Å². The summed E-state index contributed by atoms with van der Waals surface area (Å²) in [4.78, 5) is 0. The van der Waals surface area contributed by atoms with Gasteiger partial charge in [0.25, 0.3) is 0 Å². The average Bonchev–Trinajstić information content (AvgIpc) is 2.40. The molecular weight excluding hydrogens is 288 g/mol. The predicted octanol–water partition coefficient (Wildman–Crippen LogP) is 2.24. The summed E-state index contributed by atoms with van der Waals surface area (Å²) in [6.07, 6.45) is 2.94. The highest BCUT2D eigenvalue weighted by Gasteiger charge is 2.34. The van der Waals surface area contributed by atoms with Crippen LogP contribution in [-0.2, 0) is 10.0 Å². The van der Waals surface area contributed by atoms with Crippen molar-refractivity contribution in [2.75, 3.05) is 18.1 Å². The minimum Gasteiger partial charge on any atom is -0.490 e. The van der Waals surface area contributed by atoms with E-state index < -0.39 is 10.0 Å². The summed E-state index contributed by atoms with van der Waals surface area (Å²) < 4.78 is 32.1. The van der Waals surface area contributed by atoms with Gasteiger partial charge in [-0.1, -0.05) is 18.6 Å². The summed E-state index contributed by atoms with van der Waals surface area (Å²) in [5.74, 6) is 0.517. The van der Waals surface area contributed by atoms with Crippen molar-refractivity contribution in [3.8, 4) is 5.75 Å². The van der Waals surface area contributed by atoms with Crippen LogP contribution in [0.3, 0.4) is 0 Å². The van der Waals surface area contributed by atoms with E-state index >= 15 is 0 Å². The molecule has 1 saturated heterocycles. The quantitative estimate of drug-likeness (QED) is 0.846. The third-order valence-electron chi connectivity index (χ3n) is 3.95. The van der Waals surface area contributed by atoms with Crippen LogP contribution in [0.25, 0.3) is 0 Å². The van der Waals surface area contributed by atoms with Crippen LogP contribution >= 0.6 is 0 Å². The molecule has 0 aliphatic carbocycles. The van der Waals surface area contributed by atoms with E-state index in [1.165, 1.54) is 0 Å². The van der Waals surface area contributed by atoms with E-state index in [0.717, 1.165) is 19.3 Å². The van der Waals surface area contributed by atoms with E-state index in [1.54, 1.807) is 16.4 Å². The highest BCUT2D eigenvalue weighted by Crippen LogP contribution is 2.26. The summed E-state index contributed by atoms with van der Waals surface area (Å²) in [7, 11) is -3.30.